The quantitative estimate of drug-likeness (QED) is 0.837. The second-order valence-electron chi connectivity index (χ2n) is 4.27. The fourth-order valence-corrected chi connectivity index (χ4v) is 1.91. The first-order valence-corrected chi connectivity index (χ1v) is 5.52. The maximum absolute atomic E-state index is 12.3. The highest BCUT2D eigenvalue weighted by atomic mass is 19.4. The molecular formula is C12H12F3NO2. The lowest BCUT2D eigenvalue weighted by atomic mass is 10.1. The molecule has 0 unspecified atom stereocenters. The Labute approximate surface area is 102 Å². The van der Waals surface area contributed by atoms with Gasteiger partial charge in [-0.2, -0.15) is 13.2 Å². The molecule has 1 aliphatic rings. The summed E-state index contributed by atoms with van der Waals surface area (Å²) in [6.45, 7) is 0.668. The van der Waals surface area contributed by atoms with Crippen molar-refractivity contribution < 1.29 is 23.1 Å². The van der Waals surface area contributed by atoms with Crippen molar-refractivity contribution in [3.63, 3.8) is 0 Å². The summed E-state index contributed by atoms with van der Waals surface area (Å²) in [5.41, 5.74) is -0.572. The van der Waals surface area contributed by atoms with Gasteiger partial charge in [0.25, 0.3) is 5.91 Å². The first-order chi connectivity index (χ1) is 8.38. The fraction of sp³-hybridized carbons (Fsp3) is 0.417. The zero-order valence-electron chi connectivity index (χ0n) is 9.44. The van der Waals surface area contributed by atoms with Gasteiger partial charge >= 0.3 is 6.18 Å². The molecule has 98 valence electrons. The zero-order valence-corrected chi connectivity index (χ0v) is 9.44. The van der Waals surface area contributed by atoms with Crippen LogP contribution in [-0.4, -0.2) is 35.1 Å². The Hall–Kier alpha value is -1.56. The minimum atomic E-state index is -4.40. The zero-order chi connectivity index (χ0) is 13.3. The van der Waals surface area contributed by atoms with Gasteiger partial charge < -0.3 is 10.0 Å². The fourth-order valence-electron chi connectivity index (χ4n) is 1.91. The Morgan fingerprint density at radius 1 is 1.28 bits per heavy atom. The highest BCUT2D eigenvalue weighted by Crippen LogP contribution is 2.29. The molecular weight excluding hydrogens is 247 g/mol. The van der Waals surface area contributed by atoms with Crippen LogP contribution in [-0.2, 0) is 6.18 Å². The third-order valence-corrected chi connectivity index (χ3v) is 2.91. The van der Waals surface area contributed by atoms with Crippen molar-refractivity contribution in [2.24, 2.45) is 0 Å². The van der Waals surface area contributed by atoms with E-state index in [1.165, 1.54) is 4.90 Å². The van der Waals surface area contributed by atoms with E-state index in [4.69, 9.17) is 0 Å². The van der Waals surface area contributed by atoms with Crippen LogP contribution >= 0.6 is 0 Å². The van der Waals surface area contributed by atoms with Crippen molar-refractivity contribution in [2.75, 3.05) is 13.1 Å². The minimum absolute atomic E-state index is 0.206. The first-order valence-electron chi connectivity index (χ1n) is 5.52. The summed E-state index contributed by atoms with van der Waals surface area (Å²) in [7, 11) is 0. The number of β-amino-alcohol motifs (C(OH)–C–C–N with tert-alkyl or cyclic N) is 1. The van der Waals surface area contributed by atoms with Crippen LogP contribution in [0, 0.1) is 0 Å². The van der Waals surface area contributed by atoms with E-state index >= 15 is 0 Å². The Kier molecular flexibility index (Phi) is 3.30. The average molecular weight is 259 g/mol. The number of aliphatic hydroxyl groups is 1. The van der Waals surface area contributed by atoms with E-state index in [1.54, 1.807) is 0 Å². The van der Waals surface area contributed by atoms with Gasteiger partial charge in [-0.3, -0.25) is 4.79 Å². The monoisotopic (exact) mass is 259 g/mol. The normalized spacial score (nSPS) is 20.2. The number of carbonyl (C=O) groups excluding carboxylic acids is 1. The summed E-state index contributed by atoms with van der Waals surface area (Å²) in [4.78, 5) is 13.3. The molecule has 1 saturated heterocycles. The maximum atomic E-state index is 12.3. The van der Waals surface area contributed by atoms with Gasteiger partial charge in [-0.15, -0.1) is 0 Å². The van der Waals surface area contributed by atoms with Gasteiger partial charge in [0.1, 0.15) is 0 Å². The molecule has 0 radical (unpaired) electrons. The molecule has 1 aliphatic heterocycles. The first kappa shape index (κ1) is 12.9. The number of hydrogen-bond donors (Lipinski definition) is 1. The van der Waals surface area contributed by atoms with E-state index in [1.807, 2.05) is 0 Å². The summed E-state index contributed by atoms with van der Waals surface area (Å²) in [5, 5.41) is 9.30. The van der Waals surface area contributed by atoms with Gasteiger partial charge in [-0.25, -0.2) is 0 Å². The lowest BCUT2D eigenvalue weighted by Gasteiger charge is -2.15. The molecule has 3 nitrogen and oxygen atoms in total. The molecule has 2 rings (SSSR count). The van der Waals surface area contributed by atoms with Crippen LogP contribution in [0.15, 0.2) is 24.3 Å². The Bertz CT molecular complexity index is 442. The minimum Gasteiger partial charge on any atom is -0.391 e. The molecule has 0 aliphatic carbocycles. The van der Waals surface area contributed by atoms with Crippen LogP contribution in [0.4, 0.5) is 13.2 Å². The number of halogens is 3. The van der Waals surface area contributed by atoms with Crippen LogP contribution in [0.5, 0.6) is 0 Å². The molecule has 1 fully saturated rings. The number of rotatable bonds is 1. The van der Waals surface area contributed by atoms with Crippen molar-refractivity contribution in [1.82, 2.24) is 4.90 Å². The molecule has 1 aromatic rings. The van der Waals surface area contributed by atoms with Gasteiger partial charge in [-0.1, -0.05) is 0 Å². The molecule has 18 heavy (non-hydrogen) atoms. The second-order valence-corrected chi connectivity index (χ2v) is 4.27. The molecule has 0 saturated carbocycles. The van der Waals surface area contributed by atoms with Crippen molar-refractivity contribution >= 4 is 5.91 Å². The van der Waals surface area contributed by atoms with Crippen LogP contribution < -0.4 is 0 Å². The van der Waals surface area contributed by atoms with Crippen molar-refractivity contribution in [1.29, 1.82) is 0 Å². The molecule has 0 spiro atoms. The molecule has 6 heteroatoms. The highest BCUT2D eigenvalue weighted by Gasteiger charge is 2.31. The standard InChI is InChI=1S/C12H12F3NO2/c13-12(14,15)9-3-1-8(2-4-9)11(18)16-6-5-10(17)7-16/h1-4,10,17H,5-7H2/t10-/m0/s1. The Balaban J connectivity index is 2.12. The number of amides is 1. The summed E-state index contributed by atoms with van der Waals surface area (Å²) in [5.74, 6) is -0.347. The number of carbonyl (C=O) groups is 1. The van der Waals surface area contributed by atoms with Crippen molar-refractivity contribution in [3.05, 3.63) is 35.4 Å². The van der Waals surface area contributed by atoms with Gasteiger partial charge in [0.15, 0.2) is 0 Å². The van der Waals surface area contributed by atoms with Crippen molar-refractivity contribution in [2.45, 2.75) is 18.7 Å². The number of likely N-dealkylation sites (tertiary alicyclic amines) is 1. The molecule has 1 atom stereocenters. The van der Waals surface area contributed by atoms with Crippen LogP contribution in [0.25, 0.3) is 0 Å². The van der Waals surface area contributed by atoms with E-state index in [-0.39, 0.29) is 18.0 Å². The van der Waals surface area contributed by atoms with Gasteiger partial charge in [0.05, 0.1) is 11.7 Å². The summed E-state index contributed by atoms with van der Waals surface area (Å²) >= 11 is 0. The highest BCUT2D eigenvalue weighted by molar-refractivity contribution is 5.94. The second kappa shape index (κ2) is 4.61. The van der Waals surface area contributed by atoms with Crippen LogP contribution in [0.1, 0.15) is 22.3 Å². The molecule has 1 N–H and O–H groups in total. The Morgan fingerprint density at radius 2 is 1.89 bits per heavy atom. The van der Waals surface area contributed by atoms with E-state index in [0.29, 0.717) is 13.0 Å². The van der Waals surface area contributed by atoms with Gasteiger partial charge in [-0.05, 0) is 30.7 Å². The topological polar surface area (TPSA) is 40.5 Å². The predicted molar refractivity (Wildman–Crippen MR) is 58.0 cm³/mol. The third kappa shape index (κ3) is 2.64. The number of alkyl halides is 3. The lowest BCUT2D eigenvalue weighted by Crippen LogP contribution is -2.29. The smallest absolute Gasteiger partial charge is 0.391 e. The third-order valence-electron chi connectivity index (χ3n) is 2.91. The number of aliphatic hydroxyl groups excluding tert-OH is 1. The van der Waals surface area contributed by atoms with Crippen LogP contribution in [0.3, 0.4) is 0 Å². The summed E-state index contributed by atoms with van der Waals surface area (Å²) < 4.78 is 37.0. The van der Waals surface area contributed by atoms with E-state index in [0.717, 1.165) is 24.3 Å². The van der Waals surface area contributed by atoms with E-state index in [2.05, 4.69) is 0 Å². The average Bonchev–Trinajstić information content (AvgIpc) is 2.74. The molecule has 1 aromatic carbocycles. The Morgan fingerprint density at radius 3 is 2.33 bits per heavy atom. The molecule has 0 bridgehead atoms. The molecule has 0 aromatic heterocycles. The van der Waals surface area contributed by atoms with Crippen molar-refractivity contribution in [3.8, 4) is 0 Å². The predicted octanol–water partition coefficient (Wildman–Crippen LogP) is 1.91. The van der Waals surface area contributed by atoms with E-state index in [9.17, 15) is 23.1 Å². The summed E-state index contributed by atoms with van der Waals surface area (Å²) in [6, 6.07) is 4.10. The van der Waals surface area contributed by atoms with Gasteiger partial charge in [0.2, 0.25) is 0 Å². The number of nitrogens with zero attached hydrogens (tertiary/aromatic N) is 1. The lowest BCUT2D eigenvalue weighted by molar-refractivity contribution is -0.137. The number of hydrogen-bond acceptors (Lipinski definition) is 2. The summed E-state index contributed by atoms with van der Waals surface area (Å²) in [6.07, 6.45) is -4.43. The molecule has 1 amide bonds. The SMILES string of the molecule is O=C(c1ccc(C(F)(F)F)cc1)N1CC[C@H](O)C1. The largest absolute Gasteiger partial charge is 0.416 e. The number of benzene rings is 1. The maximum Gasteiger partial charge on any atom is 0.416 e. The van der Waals surface area contributed by atoms with Crippen LogP contribution in [0.2, 0.25) is 0 Å². The van der Waals surface area contributed by atoms with Gasteiger partial charge in [0, 0.05) is 18.7 Å². The van der Waals surface area contributed by atoms with E-state index < -0.39 is 17.8 Å². The molecule has 1 heterocycles.